The van der Waals surface area contributed by atoms with Crippen molar-refractivity contribution in [3.05, 3.63) is 167 Å². The molecular formula is C48H31NOS2. The summed E-state index contributed by atoms with van der Waals surface area (Å²) in [7, 11) is 0. The number of fused-ring (bicyclic) bond motifs is 11. The zero-order valence-corrected chi connectivity index (χ0v) is 30.1. The largest absolute Gasteiger partial charge is 0.455 e. The number of furan rings is 1. The molecule has 0 radical (unpaired) electrons. The van der Waals surface area contributed by atoms with Crippen molar-refractivity contribution in [1.29, 1.82) is 0 Å². The Morgan fingerprint density at radius 1 is 0.596 bits per heavy atom. The van der Waals surface area contributed by atoms with E-state index in [1.54, 1.807) is 0 Å². The molecular weight excluding hydrogens is 671 g/mol. The lowest BCUT2D eigenvalue weighted by Crippen LogP contribution is -2.08. The molecule has 246 valence electrons. The van der Waals surface area contributed by atoms with Crippen molar-refractivity contribution in [3.8, 4) is 11.1 Å². The molecule has 4 heterocycles. The number of para-hydroxylation sites is 2. The molecule has 7 aromatic carbocycles. The van der Waals surface area contributed by atoms with E-state index >= 15 is 0 Å². The summed E-state index contributed by atoms with van der Waals surface area (Å²) < 4.78 is 10.6. The second-order valence-corrected chi connectivity index (χ2v) is 16.0. The number of rotatable bonds is 4. The van der Waals surface area contributed by atoms with Gasteiger partial charge in [-0.3, -0.25) is 4.99 Å². The normalized spacial score (nSPS) is 13.3. The molecule has 2 nitrogen and oxygen atoms in total. The van der Waals surface area contributed by atoms with Crippen LogP contribution in [0.1, 0.15) is 21.6 Å². The van der Waals surface area contributed by atoms with Crippen molar-refractivity contribution in [1.82, 2.24) is 0 Å². The van der Waals surface area contributed by atoms with E-state index in [-0.39, 0.29) is 0 Å². The highest BCUT2D eigenvalue weighted by molar-refractivity contribution is 7.26. The fraction of sp³-hybridized carbons (Fsp3) is 0.0625. The molecule has 4 heteroatoms. The van der Waals surface area contributed by atoms with Crippen molar-refractivity contribution < 1.29 is 4.42 Å². The topological polar surface area (TPSA) is 25.5 Å². The molecule has 11 rings (SSSR count). The quantitative estimate of drug-likeness (QED) is 0.179. The van der Waals surface area contributed by atoms with Crippen LogP contribution < -0.4 is 0 Å². The van der Waals surface area contributed by atoms with Crippen LogP contribution in [0, 0.1) is 6.92 Å². The average Bonchev–Trinajstić information content (AvgIpc) is 3.82. The first kappa shape index (κ1) is 29.9. The molecule has 52 heavy (non-hydrogen) atoms. The van der Waals surface area contributed by atoms with E-state index in [4.69, 9.17) is 9.41 Å². The van der Waals surface area contributed by atoms with Crippen LogP contribution in [0.4, 0.5) is 5.69 Å². The predicted molar refractivity (Wildman–Crippen MR) is 225 cm³/mol. The smallest absolute Gasteiger partial charge is 0.143 e. The zero-order chi connectivity index (χ0) is 34.3. The lowest BCUT2D eigenvalue weighted by Gasteiger charge is -2.17. The molecule has 0 aliphatic carbocycles. The average molecular weight is 702 g/mol. The lowest BCUT2D eigenvalue weighted by atomic mass is 9.88. The van der Waals surface area contributed by atoms with Crippen molar-refractivity contribution in [2.75, 3.05) is 0 Å². The van der Waals surface area contributed by atoms with Gasteiger partial charge in [0.2, 0.25) is 0 Å². The van der Waals surface area contributed by atoms with Gasteiger partial charge in [0.25, 0.3) is 0 Å². The van der Waals surface area contributed by atoms with E-state index in [1.807, 2.05) is 28.7 Å². The Morgan fingerprint density at radius 2 is 1.37 bits per heavy atom. The maximum absolute atomic E-state index is 6.65. The number of hydrogen-bond donors (Lipinski definition) is 0. The third-order valence-electron chi connectivity index (χ3n) is 10.8. The zero-order valence-electron chi connectivity index (χ0n) is 28.4. The van der Waals surface area contributed by atoms with Crippen LogP contribution in [0.5, 0.6) is 0 Å². The second-order valence-electron chi connectivity index (χ2n) is 13.8. The first-order valence-electron chi connectivity index (χ1n) is 17.8. The van der Waals surface area contributed by atoms with Crippen molar-refractivity contribution >= 4 is 103 Å². The van der Waals surface area contributed by atoms with Gasteiger partial charge >= 0.3 is 0 Å². The minimum atomic E-state index is 0.681. The summed E-state index contributed by atoms with van der Waals surface area (Å²) in [6.45, 7) is 2.23. The van der Waals surface area contributed by atoms with Crippen molar-refractivity contribution in [2.45, 2.75) is 19.8 Å². The van der Waals surface area contributed by atoms with Gasteiger partial charge in [0.15, 0.2) is 0 Å². The summed E-state index contributed by atoms with van der Waals surface area (Å²) >= 11 is 3.75. The number of nitrogens with zero attached hydrogens (tertiary/aromatic N) is 1. The first-order chi connectivity index (χ1) is 25.7. The van der Waals surface area contributed by atoms with Gasteiger partial charge in [-0.15, -0.1) is 22.7 Å². The van der Waals surface area contributed by atoms with E-state index in [0.29, 0.717) is 6.42 Å². The predicted octanol–water partition coefficient (Wildman–Crippen LogP) is 14.3. The molecule has 0 amide bonds. The standard InChI is InChI=1S/C48H31NOS2/c1-28-11-2-4-13-31(28)38-27-39-45(52-43-23-21-29-12-3-5-14-32(29)46(39)43)26-30(38)25-40-33(22-24-44-47(49-40)37-16-7-9-20-42(37)51-44)35-17-10-18-36-34-15-6-8-19-41(34)50-48(35)36/h2-23,26-27H,24-25H2,1H3. The van der Waals surface area contributed by atoms with Crippen LogP contribution in [0.3, 0.4) is 0 Å². The molecule has 10 aromatic rings. The highest BCUT2D eigenvalue weighted by Crippen LogP contribution is 2.45. The maximum atomic E-state index is 6.65. The van der Waals surface area contributed by atoms with Crippen LogP contribution in [0.15, 0.2) is 155 Å². The third-order valence-corrected chi connectivity index (χ3v) is 13.1. The minimum absolute atomic E-state index is 0.681. The Labute approximate surface area is 308 Å². The molecule has 0 spiro atoms. The third kappa shape index (κ3) is 4.58. The van der Waals surface area contributed by atoms with Crippen LogP contribution >= 0.6 is 22.7 Å². The highest BCUT2D eigenvalue weighted by Gasteiger charge is 2.24. The molecule has 0 saturated heterocycles. The summed E-state index contributed by atoms with van der Waals surface area (Å²) in [5.41, 5.74) is 11.3. The molecule has 0 bridgehead atoms. The van der Waals surface area contributed by atoms with Crippen molar-refractivity contribution in [2.24, 2.45) is 4.99 Å². The SMILES string of the molecule is Cc1ccccc1-c1cc2c(cc1CC1=Nc3c(sc4ccccc34)CC=C1c1cccc3c1oc1ccccc13)sc1ccc3ccccc3c12. The van der Waals surface area contributed by atoms with E-state index in [2.05, 4.69) is 146 Å². The van der Waals surface area contributed by atoms with Crippen molar-refractivity contribution in [3.63, 3.8) is 0 Å². The monoisotopic (exact) mass is 701 g/mol. The molecule has 0 fully saturated rings. The summed E-state index contributed by atoms with van der Waals surface area (Å²) in [6, 6.07) is 50.7. The Balaban J connectivity index is 1.17. The Morgan fingerprint density at radius 3 is 2.29 bits per heavy atom. The maximum Gasteiger partial charge on any atom is 0.143 e. The minimum Gasteiger partial charge on any atom is -0.455 e. The molecule has 0 unspecified atom stereocenters. The number of aryl methyl sites for hydroxylation is 1. The van der Waals surface area contributed by atoms with E-state index in [0.717, 1.165) is 50.9 Å². The van der Waals surface area contributed by atoms with Gasteiger partial charge in [-0.1, -0.05) is 115 Å². The van der Waals surface area contributed by atoms with Crippen LogP contribution in [0.2, 0.25) is 0 Å². The van der Waals surface area contributed by atoms with Gasteiger partial charge in [0.05, 0.1) is 11.4 Å². The molecule has 1 aliphatic rings. The Bertz CT molecular complexity index is 3150. The van der Waals surface area contributed by atoms with Crippen LogP contribution in [-0.4, -0.2) is 5.71 Å². The van der Waals surface area contributed by atoms with Gasteiger partial charge < -0.3 is 4.42 Å². The summed E-state index contributed by atoms with van der Waals surface area (Å²) in [5, 5.41) is 8.75. The van der Waals surface area contributed by atoms with Crippen LogP contribution in [-0.2, 0) is 12.8 Å². The number of allylic oxidation sites excluding steroid dienone is 2. The second kappa shape index (κ2) is 11.6. The van der Waals surface area contributed by atoms with Gasteiger partial charge in [0, 0.05) is 69.9 Å². The Hall–Kier alpha value is -5.81. The lowest BCUT2D eigenvalue weighted by molar-refractivity contribution is 0.668. The van der Waals surface area contributed by atoms with Crippen LogP contribution in [0.25, 0.3) is 79.7 Å². The summed E-state index contributed by atoms with van der Waals surface area (Å²) in [6.07, 6.45) is 3.90. The number of benzene rings is 7. The molecule has 1 aliphatic heterocycles. The number of aliphatic imine (C=N–C) groups is 1. The van der Waals surface area contributed by atoms with Gasteiger partial charge in [-0.2, -0.15) is 0 Å². The van der Waals surface area contributed by atoms with E-state index in [1.165, 1.54) is 68.2 Å². The first-order valence-corrected chi connectivity index (χ1v) is 19.4. The number of thiophene rings is 2. The molecule has 0 N–H and O–H groups in total. The van der Waals surface area contributed by atoms with E-state index in [9.17, 15) is 0 Å². The molecule has 0 atom stereocenters. The van der Waals surface area contributed by atoms with E-state index < -0.39 is 0 Å². The summed E-state index contributed by atoms with van der Waals surface area (Å²) in [5.74, 6) is 0. The fourth-order valence-electron chi connectivity index (χ4n) is 8.30. The van der Waals surface area contributed by atoms with Gasteiger partial charge in [0.1, 0.15) is 11.2 Å². The van der Waals surface area contributed by atoms with Gasteiger partial charge in [-0.05, 0) is 70.3 Å². The molecule has 0 saturated carbocycles. The molecule has 3 aromatic heterocycles. The van der Waals surface area contributed by atoms with Gasteiger partial charge in [-0.25, -0.2) is 0 Å². The number of hydrogen-bond acceptors (Lipinski definition) is 4. The fourth-order valence-corrected chi connectivity index (χ4v) is 10.6. The Kier molecular flexibility index (Phi) is 6.67. The summed E-state index contributed by atoms with van der Waals surface area (Å²) in [4.78, 5) is 6.98. The highest BCUT2D eigenvalue weighted by atomic mass is 32.1.